The summed E-state index contributed by atoms with van der Waals surface area (Å²) in [4.78, 5) is 25.3. The largest absolute Gasteiger partial charge is 0.460 e. The monoisotopic (exact) mass is 519 g/mol. The smallest absolute Gasteiger partial charge is 0.392 e. The quantitative estimate of drug-likeness (QED) is 0.376. The Morgan fingerprint density at radius 1 is 1.18 bits per heavy atom. The lowest BCUT2D eigenvalue weighted by molar-refractivity contribution is -0.188. The predicted molar refractivity (Wildman–Crippen MR) is 129 cm³/mol. The molecule has 0 radical (unpaired) electrons. The van der Waals surface area contributed by atoms with Crippen molar-refractivity contribution in [1.29, 1.82) is 0 Å². The number of anilines is 1. The van der Waals surface area contributed by atoms with Gasteiger partial charge in [-0.25, -0.2) is 0 Å². The van der Waals surface area contributed by atoms with Crippen molar-refractivity contribution >= 4 is 40.8 Å². The molecule has 0 bridgehead atoms. The number of carbonyl (C=O) groups excluding carboxylic acids is 2. The lowest BCUT2D eigenvalue weighted by Crippen LogP contribution is -2.40. The zero-order valence-electron chi connectivity index (χ0n) is 19.8. The van der Waals surface area contributed by atoms with Gasteiger partial charge in [-0.15, -0.1) is 0 Å². The van der Waals surface area contributed by atoms with Crippen molar-refractivity contribution < 1.29 is 27.5 Å². The van der Waals surface area contributed by atoms with Crippen molar-refractivity contribution in [3.05, 3.63) is 52.0 Å². The number of ether oxygens (including phenoxy) is 1. The molecule has 0 spiro atoms. The number of esters is 1. The second-order valence-electron chi connectivity index (χ2n) is 9.62. The topological polar surface area (TPSA) is 55.4 Å². The normalized spacial score (nSPS) is 19.1. The molecule has 0 aromatic heterocycles. The molecule has 0 heterocycles. The Labute approximate surface area is 208 Å². The van der Waals surface area contributed by atoms with E-state index in [0.29, 0.717) is 10.6 Å². The highest BCUT2D eigenvalue weighted by Crippen LogP contribution is 2.40. The molecule has 34 heavy (non-hydrogen) atoms. The number of halogens is 5. The van der Waals surface area contributed by atoms with Gasteiger partial charge >= 0.3 is 12.1 Å². The van der Waals surface area contributed by atoms with Crippen molar-refractivity contribution in [2.45, 2.75) is 65.2 Å². The third-order valence-corrected chi connectivity index (χ3v) is 6.23. The summed E-state index contributed by atoms with van der Waals surface area (Å²) >= 11 is 12.2. The van der Waals surface area contributed by atoms with Crippen LogP contribution in [-0.2, 0) is 14.3 Å². The number of alkyl halides is 3. The molecule has 4 atom stereocenters. The minimum Gasteiger partial charge on any atom is -0.460 e. The van der Waals surface area contributed by atoms with Crippen molar-refractivity contribution in [2.75, 3.05) is 5.32 Å². The summed E-state index contributed by atoms with van der Waals surface area (Å²) in [5.41, 5.74) is 0.263. The van der Waals surface area contributed by atoms with E-state index >= 15 is 0 Å². The van der Waals surface area contributed by atoms with E-state index in [2.05, 4.69) is 5.32 Å². The number of carbonyl (C=O) groups is 2. The van der Waals surface area contributed by atoms with Crippen LogP contribution in [0.1, 0.15) is 58.9 Å². The molecule has 188 valence electrons. The van der Waals surface area contributed by atoms with Gasteiger partial charge in [0.2, 0.25) is 5.91 Å². The van der Waals surface area contributed by atoms with Gasteiger partial charge in [0, 0.05) is 5.03 Å². The van der Waals surface area contributed by atoms with E-state index in [1.807, 2.05) is 6.92 Å². The summed E-state index contributed by atoms with van der Waals surface area (Å²) in [7, 11) is 0. The van der Waals surface area contributed by atoms with Crippen LogP contribution in [0, 0.1) is 17.8 Å². The summed E-state index contributed by atoms with van der Waals surface area (Å²) in [5, 5.41) is 3.19. The van der Waals surface area contributed by atoms with Crippen LogP contribution in [0.15, 0.2) is 41.5 Å². The first-order valence-corrected chi connectivity index (χ1v) is 11.8. The molecule has 1 N–H and O–H groups in total. The molecular formula is C25H30Cl2F3NO3. The fourth-order valence-electron chi connectivity index (χ4n) is 3.79. The summed E-state index contributed by atoms with van der Waals surface area (Å²) < 4.78 is 46.2. The van der Waals surface area contributed by atoms with Crippen LogP contribution in [-0.4, -0.2) is 23.7 Å². The number of allylic oxidation sites excluding steroid dienone is 4. The van der Waals surface area contributed by atoms with Crippen molar-refractivity contribution in [3.63, 3.8) is 0 Å². The maximum absolute atomic E-state index is 13.6. The maximum Gasteiger partial charge on any atom is 0.392 e. The average Bonchev–Trinajstić information content (AvgIpc) is 2.69. The van der Waals surface area contributed by atoms with Crippen LogP contribution >= 0.6 is 23.2 Å². The first-order valence-electron chi connectivity index (χ1n) is 11.0. The molecule has 1 aliphatic carbocycles. The van der Waals surface area contributed by atoms with Crippen molar-refractivity contribution in [3.8, 4) is 0 Å². The number of hydrogen-bond acceptors (Lipinski definition) is 3. The van der Waals surface area contributed by atoms with Crippen LogP contribution < -0.4 is 5.32 Å². The van der Waals surface area contributed by atoms with Gasteiger partial charge < -0.3 is 10.1 Å². The number of nitrogens with one attached hydrogen (secondary N) is 1. The Morgan fingerprint density at radius 3 is 2.35 bits per heavy atom. The lowest BCUT2D eigenvalue weighted by Gasteiger charge is -2.31. The molecule has 1 amide bonds. The zero-order chi connectivity index (χ0) is 25.8. The molecule has 2 unspecified atom stereocenters. The molecule has 0 saturated heterocycles. The van der Waals surface area contributed by atoms with Crippen molar-refractivity contribution in [1.82, 2.24) is 0 Å². The molecule has 0 fully saturated rings. The van der Waals surface area contributed by atoms with E-state index < -0.39 is 35.4 Å². The molecule has 1 aromatic rings. The molecular weight excluding hydrogens is 490 g/mol. The van der Waals surface area contributed by atoms with Gasteiger partial charge in [0.05, 0.1) is 29.0 Å². The Bertz CT molecular complexity index is 967. The first kappa shape index (κ1) is 28.2. The first-order chi connectivity index (χ1) is 15.6. The Kier molecular flexibility index (Phi) is 9.28. The molecule has 9 heteroatoms. The standard InChI is InChI=1S/C25H30Cl2F3NO3/c1-14(12-21(32)34-24(3,4)5)17-8-11-19(27)20(13-17)31-23(33)22(15(2)25(28,29)30)16-6-9-18(26)10-7-16/h6,8-11,13-16,22H,7,12H2,1-5H3,(H,31,33)/t14?,15-,16?,22+/m1/s1. The second-order valence-corrected chi connectivity index (χ2v) is 10.5. The Morgan fingerprint density at radius 2 is 1.82 bits per heavy atom. The van der Waals surface area contributed by atoms with E-state index in [0.717, 1.165) is 6.92 Å². The van der Waals surface area contributed by atoms with Gasteiger partial charge in [-0.1, -0.05) is 55.3 Å². The maximum atomic E-state index is 13.6. The third-order valence-electron chi connectivity index (χ3n) is 5.62. The van der Waals surface area contributed by atoms with Gasteiger partial charge in [-0.2, -0.15) is 13.2 Å². The Hall–Kier alpha value is -1.99. The SMILES string of the molecule is CC(CC(=O)OC(C)(C)C)c1ccc(Cl)c(NC(=O)[C@H](C2C=CC(Cl)=CC2)[C@@H](C)C(F)(F)F)c1. The highest BCUT2D eigenvalue weighted by molar-refractivity contribution is 6.33. The minimum absolute atomic E-state index is 0.0972. The summed E-state index contributed by atoms with van der Waals surface area (Å²) in [5.74, 6) is -5.37. The lowest BCUT2D eigenvalue weighted by atomic mass is 9.78. The fourth-order valence-corrected chi connectivity index (χ4v) is 4.11. The summed E-state index contributed by atoms with van der Waals surface area (Å²) in [6.45, 7) is 8.13. The molecule has 2 rings (SSSR count). The molecule has 0 saturated carbocycles. The number of amides is 1. The zero-order valence-corrected chi connectivity index (χ0v) is 21.3. The van der Waals surface area contributed by atoms with E-state index in [1.165, 1.54) is 12.2 Å². The van der Waals surface area contributed by atoms with Crippen LogP contribution in [0.3, 0.4) is 0 Å². The van der Waals surface area contributed by atoms with Gasteiger partial charge in [-0.05, 0) is 62.8 Å². The second kappa shape index (κ2) is 11.2. The highest BCUT2D eigenvalue weighted by atomic mass is 35.5. The van der Waals surface area contributed by atoms with Crippen molar-refractivity contribution in [2.24, 2.45) is 17.8 Å². The van der Waals surface area contributed by atoms with E-state index in [9.17, 15) is 22.8 Å². The van der Waals surface area contributed by atoms with Crippen LogP contribution in [0.5, 0.6) is 0 Å². The molecule has 1 aliphatic rings. The van der Waals surface area contributed by atoms with Gasteiger partial charge in [0.15, 0.2) is 0 Å². The van der Waals surface area contributed by atoms with E-state index in [-0.39, 0.29) is 35.4 Å². The summed E-state index contributed by atoms with van der Waals surface area (Å²) in [6.07, 6.45) is 0.394. The third kappa shape index (κ3) is 8.05. The molecule has 1 aromatic carbocycles. The average molecular weight is 520 g/mol. The number of benzene rings is 1. The number of hydrogen-bond donors (Lipinski definition) is 1. The fraction of sp³-hybridized carbons (Fsp3) is 0.520. The van der Waals surface area contributed by atoms with Gasteiger partial charge in [0.25, 0.3) is 0 Å². The molecule has 4 nitrogen and oxygen atoms in total. The predicted octanol–water partition coefficient (Wildman–Crippen LogP) is 7.63. The highest BCUT2D eigenvalue weighted by Gasteiger charge is 2.47. The van der Waals surface area contributed by atoms with Crippen LogP contribution in [0.25, 0.3) is 0 Å². The van der Waals surface area contributed by atoms with Gasteiger partial charge in [-0.3, -0.25) is 9.59 Å². The molecule has 0 aliphatic heterocycles. The van der Waals surface area contributed by atoms with E-state index in [1.54, 1.807) is 45.0 Å². The van der Waals surface area contributed by atoms with Crippen LogP contribution in [0.2, 0.25) is 5.02 Å². The van der Waals surface area contributed by atoms with Crippen LogP contribution in [0.4, 0.5) is 18.9 Å². The summed E-state index contributed by atoms with van der Waals surface area (Å²) in [6, 6.07) is 4.83. The number of rotatable bonds is 7. The van der Waals surface area contributed by atoms with Gasteiger partial charge in [0.1, 0.15) is 5.60 Å². The van der Waals surface area contributed by atoms with E-state index in [4.69, 9.17) is 27.9 Å². The minimum atomic E-state index is -4.56. The Balaban J connectivity index is 2.25.